The maximum Gasteiger partial charge on any atom is 0.298 e. The molecule has 2 amide bonds. The molecule has 0 unspecified atom stereocenters. The van der Waals surface area contributed by atoms with E-state index >= 15 is 0 Å². The Bertz CT molecular complexity index is 3200. The summed E-state index contributed by atoms with van der Waals surface area (Å²) in [6, 6.07) is 29.6. The zero-order chi connectivity index (χ0) is 45.5. The number of halogens is 1. The number of ether oxygens (including phenoxy) is 2. The molecule has 334 valence electrons. The van der Waals surface area contributed by atoms with Crippen LogP contribution in [0.1, 0.15) is 21.0 Å². The molecule has 7 aromatic heterocycles. The first-order chi connectivity index (χ1) is 32.9. The number of nitrogens with one attached hydrogen (secondary N) is 4. The molecular weight excluding hydrogens is 921 g/mol. The lowest BCUT2D eigenvalue weighted by molar-refractivity contribution is 0.101. The fourth-order valence-corrected chi connectivity index (χ4v) is 7.73. The van der Waals surface area contributed by atoms with Gasteiger partial charge in [-0.2, -0.15) is 9.97 Å². The molecule has 2 aromatic carbocycles. The lowest BCUT2D eigenvalue weighted by Gasteiger charge is -2.24. The van der Waals surface area contributed by atoms with Gasteiger partial charge in [0.1, 0.15) is 39.6 Å². The van der Waals surface area contributed by atoms with Crippen molar-refractivity contribution in [1.29, 1.82) is 0 Å². The monoisotopic (exact) mass is 958 g/mol. The first-order valence-electron chi connectivity index (χ1n) is 21.2. The standard InChI is InChI=1S/C48H39BrN12O6/c49-41-6-2-5-38(58-41)46(63)56-32-23-34(29-9-13-50-14-10-29)43-39(25-32)66-47(59-43)52-17-20-65-28-54-42-8-7-31(27-53-42)36-3-1-4-37(57-36)45(62)55-33-24-35(30-11-15-51-16-12-30)44-40(26-33)67-48(60-44)61-18-21-64-22-19-61/h1-16,23-27H,17-22,28H2,(H,52,59)(H,53,54)(H,55,62)(H,56,63). The fourth-order valence-electron chi connectivity index (χ4n) is 7.38. The highest BCUT2D eigenvalue weighted by atomic mass is 79.9. The Kier molecular flexibility index (Phi) is 12.5. The number of hydrogen-bond donors (Lipinski definition) is 4. The Morgan fingerprint density at radius 1 is 0.672 bits per heavy atom. The number of benzene rings is 2. The Hall–Kier alpha value is -8.13. The van der Waals surface area contributed by atoms with Crippen molar-refractivity contribution in [2.45, 2.75) is 0 Å². The molecule has 1 fully saturated rings. The van der Waals surface area contributed by atoms with E-state index in [2.05, 4.69) is 62.1 Å². The summed E-state index contributed by atoms with van der Waals surface area (Å²) in [5.74, 6) is -0.157. The number of pyridine rings is 5. The fraction of sp³-hybridized carbons (Fsp3) is 0.146. The third kappa shape index (κ3) is 9.93. The van der Waals surface area contributed by atoms with Crippen LogP contribution in [0.4, 0.5) is 29.2 Å². The van der Waals surface area contributed by atoms with Crippen molar-refractivity contribution < 1.29 is 27.9 Å². The molecule has 18 nitrogen and oxygen atoms in total. The molecule has 4 N–H and O–H groups in total. The number of carbonyl (C=O) groups excluding carboxylic acids is 2. The Labute approximate surface area is 390 Å². The highest BCUT2D eigenvalue weighted by molar-refractivity contribution is 9.10. The number of fused-ring (bicyclic) bond motifs is 2. The summed E-state index contributed by atoms with van der Waals surface area (Å²) < 4.78 is 24.2. The minimum Gasteiger partial charge on any atom is -0.423 e. The first kappa shape index (κ1) is 42.8. The number of amides is 2. The zero-order valence-corrected chi connectivity index (χ0v) is 37.1. The van der Waals surface area contributed by atoms with E-state index in [9.17, 15) is 9.59 Å². The number of anilines is 5. The number of nitrogens with zero attached hydrogens (tertiary/aromatic N) is 8. The van der Waals surface area contributed by atoms with E-state index in [-0.39, 0.29) is 29.9 Å². The maximum absolute atomic E-state index is 13.6. The average molecular weight is 960 g/mol. The number of oxazole rings is 2. The number of morpholine rings is 1. The maximum atomic E-state index is 13.6. The molecule has 0 radical (unpaired) electrons. The molecule has 8 heterocycles. The lowest BCUT2D eigenvalue weighted by Crippen LogP contribution is -2.36. The summed E-state index contributed by atoms with van der Waals surface area (Å²) in [4.78, 5) is 60.0. The molecule has 67 heavy (non-hydrogen) atoms. The van der Waals surface area contributed by atoms with Crippen molar-refractivity contribution in [1.82, 2.24) is 34.9 Å². The van der Waals surface area contributed by atoms with Gasteiger partial charge < -0.3 is 44.5 Å². The van der Waals surface area contributed by atoms with Crippen LogP contribution in [0, 0.1) is 0 Å². The zero-order valence-electron chi connectivity index (χ0n) is 35.5. The second-order valence-corrected chi connectivity index (χ2v) is 15.9. The van der Waals surface area contributed by atoms with E-state index in [0.29, 0.717) is 101 Å². The smallest absolute Gasteiger partial charge is 0.298 e. The molecule has 0 bridgehead atoms. The number of aromatic nitrogens is 7. The Morgan fingerprint density at radius 3 is 1.97 bits per heavy atom. The van der Waals surface area contributed by atoms with Crippen LogP contribution in [-0.4, -0.2) is 92.9 Å². The van der Waals surface area contributed by atoms with Crippen LogP contribution in [0.5, 0.6) is 0 Å². The van der Waals surface area contributed by atoms with Crippen LogP contribution < -0.4 is 26.2 Å². The van der Waals surface area contributed by atoms with Gasteiger partial charge in [0.05, 0.1) is 25.5 Å². The molecule has 0 saturated carbocycles. The minimum atomic E-state index is -0.385. The van der Waals surface area contributed by atoms with Gasteiger partial charge in [-0.1, -0.05) is 12.1 Å². The molecular formula is C48H39BrN12O6. The third-order valence-corrected chi connectivity index (χ3v) is 11.1. The van der Waals surface area contributed by atoms with Crippen molar-refractivity contribution in [2.24, 2.45) is 0 Å². The van der Waals surface area contributed by atoms with Crippen molar-refractivity contribution in [3.8, 4) is 33.5 Å². The summed E-state index contributed by atoms with van der Waals surface area (Å²) in [7, 11) is 0. The van der Waals surface area contributed by atoms with Crippen LogP contribution in [0.25, 0.3) is 55.7 Å². The van der Waals surface area contributed by atoms with Gasteiger partial charge in [0.25, 0.3) is 23.8 Å². The van der Waals surface area contributed by atoms with Gasteiger partial charge in [-0.3, -0.25) is 19.6 Å². The van der Waals surface area contributed by atoms with Crippen molar-refractivity contribution in [2.75, 3.05) is 72.4 Å². The summed E-state index contributed by atoms with van der Waals surface area (Å²) in [6.45, 7) is 3.45. The SMILES string of the molecule is O=C(Nc1cc(-c2ccncc2)c2nc(NCCOCNc3ccc(-c4cccc(C(=O)Nc5cc(-c6ccncc6)c6nc(N7CCOCC7)oc6c5)n4)cn3)oc2c1)c1cccc(Br)n1. The van der Waals surface area contributed by atoms with Crippen LogP contribution >= 0.6 is 15.9 Å². The normalized spacial score (nSPS) is 12.6. The van der Waals surface area contributed by atoms with Gasteiger partial charge in [0, 0.05) is 90.8 Å². The van der Waals surface area contributed by atoms with E-state index in [1.807, 2.05) is 59.5 Å². The van der Waals surface area contributed by atoms with E-state index < -0.39 is 0 Å². The average Bonchev–Trinajstić information content (AvgIpc) is 4.00. The third-order valence-electron chi connectivity index (χ3n) is 10.6. The quantitative estimate of drug-likeness (QED) is 0.0429. The van der Waals surface area contributed by atoms with E-state index in [1.165, 1.54) is 0 Å². The summed E-state index contributed by atoms with van der Waals surface area (Å²) in [6.07, 6.45) is 8.49. The molecule has 1 aliphatic rings. The molecule has 0 aliphatic carbocycles. The largest absolute Gasteiger partial charge is 0.423 e. The predicted octanol–water partition coefficient (Wildman–Crippen LogP) is 8.55. The van der Waals surface area contributed by atoms with Gasteiger partial charge in [-0.05, 0) is 99.9 Å². The summed E-state index contributed by atoms with van der Waals surface area (Å²) in [5, 5.41) is 12.2. The van der Waals surface area contributed by atoms with Crippen LogP contribution in [0.3, 0.4) is 0 Å². The van der Waals surface area contributed by atoms with Gasteiger partial charge in [0.15, 0.2) is 11.2 Å². The van der Waals surface area contributed by atoms with E-state index in [1.54, 1.807) is 73.4 Å². The number of hydrogen-bond acceptors (Lipinski definition) is 16. The van der Waals surface area contributed by atoms with E-state index in [0.717, 1.165) is 27.8 Å². The van der Waals surface area contributed by atoms with Crippen molar-refractivity contribution >= 4 is 79.2 Å². The molecule has 1 saturated heterocycles. The Morgan fingerprint density at radius 2 is 1.31 bits per heavy atom. The van der Waals surface area contributed by atoms with Gasteiger partial charge in [-0.25, -0.2) is 15.0 Å². The van der Waals surface area contributed by atoms with Gasteiger partial charge >= 0.3 is 0 Å². The predicted molar refractivity (Wildman–Crippen MR) is 256 cm³/mol. The minimum absolute atomic E-state index is 0.189. The number of rotatable bonds is 15. The topological polar surface area (TPSA) is 220 Å². The molecule has 9 aromatic rings. The van der Waals surface area contributed by atoms with Crippen LogP contribution in [0.2, 0.25) is 0 Å². The second kappa shape index (κ2) is 19.5. The first-order valence-corrected chi connectivity index (χ1v) is 22.0. The highest BCUT2D eigenvalue weighted by Crippen LogP contribution is 2.36. The summed E-state index contributed by atoms with van der Waals surface area (Å²) in [5.41, 5.74) is 8.48. The van der Waals surface area contributed by atoms with Gasteiger partial charge in [0.2, 0.25) is 0 Å². The highest BCUT2D eigenvalue weighted by Gasteiger charge is 2.22. The summed E-state index contributed by atoms with van der Waals surface area (Å²) >= 11 is 3.32. The lowest BCUT2D eigenvalue weighted by atomic mass is 10.0. The molecule has 19 heteroatoms. The van der Waals surface area contributed by atoms with Crippen molar-refractivity contribution in [3.63, 3.8) is 0 Å². The second-order valence-electron chi connectivity index (χ2n) is 15.1. The van der Waals surface area contributed by atoms with Crippen LogP contribution in [-0.2, 0) is 9.47 Å². The van der Waals surface area contributed by atoms with Gasteiger partial charge in [-0.15, -0.1) is 0 Å². The Balaban J connectivity index is 0.742. The molecule has 0 atom stereocenters. The van der Waals surface area contributed by atoms with E-state index in [4.69, 9.17) is 28.3 Å². The molecule has 0 spiro atoms. The number of carbonyl (C=O) groups is 2. The molecule has 10 rings (SSSR count). The van der Waals surface area contributed by atoms with Crippen LogP contribution in [0.15, 0.2) is 141 Å². The van der Waals surface area contributed by atoms with Crippen molar-refractivity contribution in [3.05, 3.63) is 144 Å². The molecule has 1 aliphatic heterocycles.